The van der Waals surface area contributed by atoms with Crippen LogP contribution in [0.1, 0.15) is 40.5 Å². The zero-order valence-electron chi connectivity index (χ0n) is 10.1. The summed E-state index contributed by atoms with van der Waals surface area (Å²) in [4.78, 5) is 0. The van der Waals surface area contributed by atoms with Crippen LogP contribution in [0.3, 0.4) is 0 Å². The second-order valence-corrected chi connectivity index (χ2v) is 5.84. The van der Waals surface area contributed by atoms with Crippen molar-refractivity contribution in [3.8, 4) is 0 Å². The van der Waals surface area contributed by atoms with Crippen LogP contribution in [0.15, 0.2) is 0 Å². The summed E-state index contributed by atoms with van der Waals surface area (Å²) in [5.74, 6) is -0.219. The van der Waals surface area contributed by atoms with Gasteiger partial charge in [-0.05, 0) is 17.8 Å². The van der Waals surface area contributed by atoms with E-state index in [4.69, 9.17) is 0 Å². The summed E-state index contributed by atoms with van der Waals surface area (Å²) in [6, 6.07) is 0. The molecule has 5 atom stereocenters. The van der Waals surface area contributed by atoms with E-state index in [9.17, 15) is 15.3 Å². The van der Waals surface area contributed by atoms with E-state index in [1.54, 1.807) is 0 Å². The molecule has 90 valence electrons. The van der Waals surface area contributed by atoms with Crippen molar-refractivity contribution in [2.45, 2.75) is 58.8 Å². The Bertz CT molecular complexity index is 209. The molecule has 1 aliphatic rings. The highest BCUT2D eigenvalue weighted by Crippen LogP contribution is 2.41. The van der Waals surface area contributed by atoms with Gasteiger partial charge in [0.2, 0.25) is 0 Å². The molecule has 1 fully saturated rings. The smallest absolute Gasteiger partial charge is 0.0859 e. The maximum atomic E-state index is 10.0. The quantitative estimate of drug-likeness (QED) is 0.616. The highest BCUT2D eigenvalue weighted by Gasteiger charge is 2.46. The minimum absolute atomic E-state index is 0.0219. The Morgan fingerprint density at radius 3 is 2.00 bits per heavy atom. The van der Waals surface area contributed by atoms with Gasteiger partial charge in [-0.3, -0.25) is 0 Å². The van der Waals surface area contributed by atoms with Crippen molar-refractivity contribution in [2.75, 3.05) is 0 Å². The number of hydrogen-bond donors (Lipinski definition) is 3. The van der Waals surface area contributed by atoms with Crippen LogP contribution < -0.4 is 0 Å². The van der Waals surface area contributed by atoms with Gasteiger partial charge in [0.1, 0.15) is 0 Å². The molecule has 0 aliphatic heterocycles. The van der Waals surface area contributed by atoms with E-state index >= 15 is 0 Å². The summed E-state index contributed by atoms with van der Waals surface area (Å²) >= 11 is 0. The predicted molar refractivity (Wildman–Crippen MR) is 59.4 cm³/mol. The Labute approximate surface area is 92.1 Å². The van der Waals surface area contributed by atoms with Gasteiger partial charge in [0.15, 0.2) is 0 Å². The summed E-state index contributed by atoms with van der Waals surface area (Å²) in [7, 11) is 0. The van der Waals surface area contributed by atoms with Crippen molar-refractivity contribution in [3.63, 3.8) is 0 Å². The predicted octanol–water partition coefficient (Wildman–Crippen LogP) is 1.16. The van der Waals surface area contributed by atoms with E-state index in [0.29, 0.717) is 6.42 Å². The number of hydrogen-bond acceptors (Lipinski definition) is 3. The lowest BCUT2D eigenvalue weighted by Gasteiger charge is -2.46. The van der Waals surface area contributed by atoms with E-state index in [2.05, 4.69) is 0 Å². The summed E-state index contributed by atoms with van der Waals surface area (Å²) in [6.45, 7) is 7.94. The highest BCUT2D eigenvalue weighted by atomic mass is 16.3. The fourth-order valence-corrected chi connectivity index (χ4v) is 2.81. The first-order valence-electron chi connectivity index (χ1n) is 5.83. The van der Waals surface area contributed by atoms with Crippen molar-refractivity contribution < 1.29 is 15.3 Å². The van der Waals surface area contributed by atoms with E-state index in [1.165, 1.54) is 0 Å². The van der Waals surface area contributed by atoms with Crippen LogP contribution in [-0.2, 0) is 0 Å². The third-order valence-electron chi connectivity index (χ3n) is 3.68. The molecule has 3 nitrogen and oxygen atoms in total. The van der Waals surface area contributed by atoms with Gasteiger partial charge in [0.25, 0.3) is 0 Å². The SMILES string of the molecule is CCC1CC(O)C(C(C)(C)C)C(O)C1O. The second kappa shape index (κ2) is 4.40. The molecular weight excluding hydrogens is 192 g/mol. The Morgan fingerprint density at radius 1 is 1.07 bits per heavy atom. The second-order valence-electron chi connectivity index (χ2n) is 5.84. The number of aliphatic hydroxyl groups is 3. The van der Waals surface area contributed by atoms with Gasteiger partial charge in [-0.25, -0.2) is 0 Å². The zero-order valence-corrected chi connectivity index (χ0v) is 10.1. The molecule has 0 radical (unpaired) electrons. The zero-order chi connectivity index (χ0) is 11.8. The van der Waals surface area contributed by atoms with Crippen molar-refractivity contribution in [1.82, 2.24) is 0 Å². The number of rotatable bonds is 1. The van der Waals surface area contributed by atoms with E-state index in [-0.39, 0.29) is 17.3 Å². The first-order valence-corrected chi connectivity index (χ1v) is 5.83. The lowest BCUT2D eigenvalue weighted by atomic mass is 9.65. The average Bonchev–Trinajstić information content (AvgIpc) is 2.09. The topological polar surface area (TPSA) is 60.7 Å². The largest absolute Gasteiger partial charge is 0.393 e. The summed E-state index contributed by atoms with van der Waals surface area (Å²) in [6.07, 6.45) is -0.613. The molecule has 0 aromatic rings. The molecular formula is C12H24O3. The maximum absolute atomic E-state index is 10.0. The normalized spacial score (nSPS) is 43.0. The standard InChI is InChI=1S/C12H24O3/c1-5-7-6-8(13)9(12(2,3)4)11(15)10(7)14/h7-11,13-15H,5-6H2,1-4H3. The molecule has 15 heavy (non-hydrogen) atoms. The van der Waals surface area contributed by atoms with Gasteiger partial charge >= 0.3 is 0 Å². The minimum atomic E-state index is -0.807. The van der Waals surface area contributed by atoms with Crippen LogP contribution in [-0.4, -0.2) is 33.6 Å². The fourth-order valence-electron chi connectivity index (χ4n) is 2.81. The summed E-state index contributed by atoms with van der Waals surface area (Å²) in [5.41, 5.74) is -0.182. The molecule has 0 aromatic heterocycles. The molecule has 0 bridgehead atoms. The van der Waals surface area contributed by atoms with Gasteiger partial charge in [0, 0.05) is 5.92 Å². The molecule has 0 spiro atoms. The molecule has 0 aromatic carbocycles. The molecule has 3 N–H and O–H groups in total. The van der Waals surface area contributed by atoms with Crippen molar-refractivity contribution >= 4 is 0 Å². The van der Waals surface area contributed by atoms with Gasteiger partial charge < -0.3 is 15.3 Å². The highest BCUT2D eigenvalue weighted by molar-refractivity contribution is 4.96. The van der Waals surface area contributed by atoms with Gasteiger partial charge in [-0.15, -0.1) is 0 Å². The number of aliphatic hydroxyl groups excluding tert-OH is 3. The van der Waals surface area contributed by atoms with Gasteiger partial charge in [-0.2, -0.15) is 0 Å². The molecule has 1 aliphatic carbocycles. The fraction of sp³-hybridized carbons (Fsp3) is 1.00. The van der Waals surface area contributed by atoms with Crippen LogP contribution in [0.2, 0.25) is 0 Å². The van der Waals surface area contributed by atoms with Crippen LogP contribution in [0.4, 0.5) is 0 Å². The first-order chi connectivity index (χ1) is 6.79. The van der Waals surface area contributed by atoms with Crippen molar-refractivity contribution in [2.24, 2.45) is 17.3 Å². The van der Waals surface area contributed by atoms with Crippen LogP contribution in [0, 0.1) is 17.3 Å². The van der Waals surface area contributed by atoms with Gasteiger partial charge in [0.05, 0.1) is 18.3 Å². The minimum Gasteiger partial charge on any atom is -0.393 e. The monoisotopic (exact) mass is 216 g/mol. The molecule has 0 saturated heterocycles. The molecule has 5 unspecified atom stereocenters. The van der Waals surface area contributed by atoms with E-state index in [1.807, 2.05) is 27.7 Å². The average molecular weight is 216 g/mol. The van der Waals surface area contributed by atoms with Gasteiger partial charge in [-0.1, -0.05) is 34.1 Å². The molecule has 1 rings (SSSR count). The summed E-state index contributed by atoms with van der Waals surface area (Å²) in [5, 5.41) is 30.0. The molecule has 3 heteroatoms. The molecule has 1 saturated carbocycles. The lowest BCUT2D eigenvalue weighted by molar-refractivity contribution is -0.152. The van der Waals surface area contributed by atoms with Crippen molar-refractivity contribution in [1.29, 1.82) is 0 Å². The maximum Gasteiger partial charge on any atom is 0.0859 e. The molecule has 0 heterocycles. The molecule has 0 amide bonds. The Kier molecular flexibility index (Phi) is 3.80. The van der Waals surface area contributed by atoms with E-state index in [0.717, 1.165) is 6.42 Å². The Morgan fingerprint density at radius 2 is 1.60 bits per heavy atom. The Balaban J connectivity index is 2.84. The summed E-state index contributed by atoms with van der Waals surface area (Å²) < 4.78 is 0. The lowest BCUT2D eigenvalue weighted by Crippen LogP contribution is -2.54. The Hall–Kier alpha value is -0.120. The van der Waals surface area contributed by atoms with Crippen molar-refractivity contribution in [3.05, 3.63) is 0 Å². The third-order valence-corrected chi connectivity index (χ3v) is 3.68. The van der Waals surface area contributed by atoms with Crippen LogP contribution in [0.25, 0.3) is 0 Å². The van der Waals surface area contributed by atoms with E-state index < -0.39 is 18.3 Å². The first kappa shape index (κ1) is 12.9. The van der Waals surface area contributed by atoms with Crippen LogP contribution >= 0.6 is 0 Å². The third kappa shape index (κ3) is 2.52. The van der Waals surface area contributed by atoms with Crippen LogP contribution in [0.5, 0.6) is 0 Å².